The first kappa shape index (κ1) is 6.08. The number of hydrogen-bond acceptors (Lipinski definition) is 1. The molecular weight excluding hydrogens is 183 g/mol. The van der Waals surface area contributed by atoms with Crippen LogP contribution in [0, 0.1) is 0 Å². The SMILES string of the molecule is [Sn+4].c1ccoc1. The fourth-order valence-electron chi connectivity index (χ4n) is 0.227. The molecule has 1 aromatic heterocycles. The minimum Gasteiger partial charge on any atom is -0.473 e. The van der Waals surface area contributed by atoms with Gasteiger partial charge in [0.2, 0.25) is 0 Å². The predicted molar refractivity (Wildman–Crippen MR) is 24.5 cm³/mol. The molecule has 2 heteroatoms. The van der Waals surface area contributed by atoms with Crippen molar-refractivity contribution >= 4 is 23.9 Å². The zero-order valence-corrected chi connectivity index (χ0v) is 6.07. The molecule has 0 saturated heterocycles. The van der Waals surface area contributed by atoms with Crippen LogP contribution in [0.5, 0.6) is 0 Å². The maximum Gasteiger partial charge on any atom is 4.00 e. The van der Waals surface area contributed by atoms with E-state index in [2.05, 4.69) is 4.42 Å². The first-order valence-electron chi connectivity index (χ1n) is 1.47. The molecule has 26 valence electrons. The van der Waals surface area contributed by atoms with Gasteiger partial charge in [-0.05, 0) is 12.1 Å². The van der Waals surface area contributed by atoms with E-state index in [1.54, 1.807) is 12.5 Å². The second-order valence-corrected chi connectivity index (χ2v) is 0.793. The van der Waals surface area contributed by atoms with Crippen molar-refractivity contribution in [1.29, 1.82) is 0 Å². The minimum absolute atomic E-state index is 0. The normalized spacial score (nSPS) is 6.67. The molecule has 0 bridgehead atoms. The third-order valence-corrected chi connectivity index (χ3v) is 0.425. The molecule has 0 aliphatic rings. The van der Waals surface area contributed by atoms with Crippen molar-refractivity contribution in [2.24, 2.45) is 0 Å². The van der Waals surface area contributed by atoms with Crippen molar-refractivity contribution in [3.05, 3.63) is 24.7 Å². The number of furan rings is 1. The Labute approximate surface area is 53.3 Å². The van der Waals surface area contributed by atoms with E-state index in [0.717, 1.165) is 0 Å². The Morgan fingerprint density at radius 1 is 1.00 bits per heavy atom. The monoisotopic (exact) mass is 188 g/mol. The second kappa shape index (κ2) is 3.28. The first-order chi connectivity index (χ1) is 2.50. The Hall–Kier alpha value is 0.0787. The molecule has 0 aliphatic heterocycles. The summed E-state index contributed by atoms with van der Waals surface area (Å²) in [4.78, 5) is 0. The van der Waals surface area contributed by atoms with Gasteiger partial charge >= 0.3 is 23.9 Å². The average molecular weight is 187 g/mol. The summed E-state index contributed by atoms with van der Waals surface area (Å²) in [5, 5.41) is 0. The van der Waals surface area contributed by atoms with Crippen LogP contribution in [-0.4, -0.2) is 23.9 Å². The van der Waals surface area contributed by atoms with Crippen LogP contribution >= 0.6 is 0 Å². The summed E-state index contributed by atoms with van der Waals surface area (Å²) in [6, 6.07) is 3.67. The second-order valence-electron chi connectivity index (χ2n) is 0.793. The summed E-state index contributed by atoms with van der Waals surface area (Å²) in [7, 11) is 0. The Kier molecular flexibility index (Phi) is 3.32. The number of rotatable bonds is 0. The summed E-state index contributed by atoms with van der Waals surface area (Å²) in [6.45, 7) is 0. The van der Waals surface area contributed by atoms with Crippen LogP contribution in [0.3, 0.4) is 0 Å². The molecule has 0 N–H and O–H groups in total. The molecule has 0 saturated carbocycles. The van der Waals surface area contributed by atoms with E-state index in [-0.39, 0.29) is 23.9 Å². The Morgan fingerprint density at radius 3 is 1.67 bits per heavy atom. The molecule has 1 aromatic rings. The van der Waals surface area contributed by atoms with Gasteiger partial charge < -0.3 is 4.42 Å². The van der Waals surface area contributed by atoms with Crippen molar-refractivity contribution in [2.75, 3.05) is 0 Å². The molecule has 0 spiro atoms. The van der Waals surface area contributed by atoms with Gasteiger partial charge in [0, 0.05) is 0 Å². The molecule has 1 rings (SSSR count). The largest absolute Gasteiger partial charge is 4.00 e. The first-order valence-corrected chi connectivity index (χ1v) is 1.47. The van der Waals surface area contributed by atoms with E-state index in [4.69, 9.17) is 0 Å². The zero-order valence-electron chi connectivity index (χ0n) is 3.22. The topological polar surface area (TPSA) is 13.1 Å². The van der Waals surface area contributed by atoms with Gasteiger partial charge in [0.25, 0.3) is 0 Å². The Morgan fingerprint density at radius 2 is 1.50 bits per heavy atom. The molecule has 0 radical (unpaired) electrons. The molecule has 0 unspecified atom stereocenters. The molecule has 0 fully saturated rings. The fourth-order valence-corrected chi connectivity index (χ4v) is 0.227. The molecule has 0 aromatic carbocycles. The van der Waals surface area contributed by atoms with Crippen molar-refractivity contribution < 1.29 is 4.42 Å². The van der Waals surface area contributed by atoms with E-state index in [1.165, 1.54) is 0 Å². The van der Waals surface area contributed by atoms with Crippen molar-refractivity contribution in [3.63, 3.8) is 0 Å². The van der Waals surface area contributed by atoms with E-state index in [1.807, 2.05) is 12.1 Å². The van der Waals surface area contributed by atoms with Gasteiger partial charge in [-0.1, -0.05) is 0 Å². The Balaban J connectivity index is 0.000000250. The van der Waals surface area contributed by atoms with E-state index in [0.29, 0.717) is 0 Å². The van der Waals surface area contributed by atoms with Crippen LogP contribution < -0.4 is 0 Å². The van der Waals surface area contributed by atoms with Crippen LogP contribution in [-0.2, 0) is 0 Å². The number of hydrogen-bond donors (Lipinski definition) is 0. The van der Waals surface area contributed by atoms with E-state index >= 15 is 0 Å². The molecule has 0 amide bonds. The Bertz CT molecular complexity index is 64.0. The van der Waals surface area contributed by atoms with Gasteiger partial charge in [0.1, 0.15) is 0 Å². The maximum atomic E-state index is 4.58. The standard InChI is InChI=1S/C4H4O.Sn/c1-2-4-5-3-1;/h1-4H;/q;+4. The third kappa shape index (κ3) is 1.50. The summed E-state index contributed by atoms with van der Waals surface area (Å²) >= 11 is 0. The fraction of sp³-hybridized carbons (Fsp3) is 0. The molecule has 6 heavy (non-hydrogen) atoms. The van der Waals surface area contributed by atoms with Gasteiger partial charge in [0.05, 0.1) is 12.5 Å². The minimum atomic E-state index is 0. The quantitative estimate of drug-likeness (QED) is 0.549. The average Bonchev–Trinajstić information content (AvgIpc) is 1.76. The molecule has 1 heterocycles. The molecule has 0 atom stereocenters. The van der Waals surface area contributed by atoms with Crippen LogP contribution in [0.15, 0.2) is 29.1 Å². The molecule has 0 aliphatic carbocycles. The van der Waals surface area contributed by atoms with E-state index < -0.39 is 0 Å². The summed E-state index contributed by atoms with van der Waals surface area (Å²) in [5.74, 6) is 0. The van der Waals surface area contributed by atoms with E-state index in [9.17, 15) is 0 Å². The van der Waals surface area contributed by atoms with Crippen LogP contribution in [0.2, 0.25) is 0 Å². The maximum absolute atomic E-state index is 4.58. The van der Waals surface area contributed by atoms with Gasteiger partial charge in [0.15, 0.2) is 0 Å². The van der Waals surface area contributed by atoms with Gasteiger partial charge in [-0.15, -0.1) is 0 Å². The zero-order chi connectivity index (χ0) is 3.54. The smallest absolute Gasteiger partial charge is 0.473 e. The third-order valence-electron chi connectivity index (χ3n) is 0.425. The van der Waals surface area contributed by atoms with Crippen molar-refractivity contribution in [2.45, 2.75) is 0 Å². The van der Waals surface area contributed by atoms with Crippen molar-refractivity contribution in [1.82, 2.24) is 0 Å². The van der Waals surface area contributed by atoms with Crippen LogP contribution in [0.25, 0.3) is 0 Å². The summed E-state index contributed by atoms with van der Waals surface area (Å²) < 4.78 is 4.58. The molecule has 1 nitrogen and oxygen atoms in total. The molecular formula is C4H4OSn+4. The van der Waals surface area contributed by atoms with Gasteiger partial charge in [-0.3, -0.25) is 0 Å². The summed E-state index contributed by atoms with van der Waals surface area (Å²) in [5.41, 5.74) is 0. The van der Waals surface area contributed by atoms with Crippen LogP contribution in [0.1, 0.15) is 0 Å². The van der Waals surface area contributed by atoms with Crippen molar-refractivity contribution in [3.8, 4) is 0 Å². The summed E-state index contributed by atoms with van der Waals surface area (Å²) in [6.07, 6.45) is 3.25. The van der Waals surface area contributed by atoms with Crippen LogP contribution in [0.4, 0.5) is 0 Å². The van der Waals surface area contributed by atoms with Gasteiger partial charge in [-0.25, -0.2) is 0 Å². The van der Waals surface area contributed by atoms with Gasteiger partial charge in [-0.2, -0.15) is 0 Å². The predicted octanol–water partition coefficient (Wildman–Crippen LogP) is 0.899.